The molecule has 0 saturated heterocycles. The smallest absolute Gasteiger partial charge is 0.0455 e. The molecule has 2 aromatic carbocycles. The van der Waals surface area contributed by atoms with Crippen LogP contribution in [0.5, 0.6) is 0 Å². The monoisotopic (exact) mass is 245 g/mol. The van der Waals surface area contributed by atoms with Gasteiger partial charge in [0.05, 0.1) is 0 Å². The topological polar surface area (TPSA) is 12.0 Å². The average Bonchev–Trinajstić information content (AvgIpc) is 2.35. The highest BCUT2D eigenvalue weighted by molar-refractivity contribution is 6.31. The number of anilines is 1. The molecule has 0 radical (unpaired) electrons. The fourth-order valence-electron chi connectivity index (χ4n) is 1.70. The van der Waals surface area contributed by atoms with E-state index < -0.39 is 0 Å². The summed E-state index contributed by atoms with van der Waals surface area (Å²) >= 11 is 6.07. The highest BCUT2D eigenvalue weighted by Gasteiger charge is 1.97. The van der Waals surface area contributed by atoms with Gasteiger partial charge in [0.15, 0.2) is 0 Å². The van der Waals surface area contributed by atoms with Gasteiger partial charge in [-0.05, 0) is 36.6 Å². The normalized spacial score (nSPS) is 10.2. The van der Waals surface area contributed by atoms with Crippen LogP contribution in [-0.2, 0) is 6.42 Å². The van der Waals surface area contributed by atoms with Crippen LogP contribution >= 0.6 is 11.6 Å². The Balaban J connectivity index is 1.88. The van der Waals surface area contributed by atoms with E-state index >= 15 is 0 Å². The van der Waals surface area contributed by atoms with Crippen LogP contribution in [0.3, 0.4) is 0 Å². The lowest BCUT2D eigenvalue weighted by Crippen LogP contribution is -2.04. The van der Waals surface area contributed by atoms with E-state index in [4.69, 9.17) is 11.6 Å². The van der Waals surface area contributed by atoms with Gasteiger partial charge in [-0.15, -0.1) is 0 Å². The molecule has 1 nitrogen and oxygen atoms in total. The lowest BCUT2D eigenvalue weighted by molar-refractivity contribution is 1.02. The third-order valence-corrected chi connectivity index (χ3v) is 3.16. The Morgan fingerprint density at radius 2 is 1.82 bits per heavy atom. The van der Waals surface area contributed by atoms with Crippen molar-refractivity contribution in [1.29, 1.82) is 0 Å². The molecule has 0 atom stereocenters. The van der Waals surface area contributed by atoms with Crippen molar-refractivity contribution in [2.75, 3.05) is 11.9 Å². The van der Waals surface area contributed by atoms with Crippen LogP contribution in [0.15, 0.2) is 48.5 Å². The van der Waals surface area contributed by atoms with E-state index in [0.29, 0.717) is 0 Å². The van der Waals surface area contributed by atoms with Gasteiger partial charge in [0.25, 0.3) is 0 Å². The molecule has 0 heterocycles. The largest absolute Gasteiger partial charge is 0.385 e. The van der Waals surface area contributed by atoms with E-state index in [1.165, 1.54) is 5.56 Å². The zero-order valence-corrected chi connectivity index (χ0v) is 10.7. The van der Waals surface area contributed by atoms with Crippen LogP contribution in [-0.4, -0.2) is 6.54 Å². The Kier molecular flexibility index (Phi) is 4.05. The number of hydrogen-bond donors (Lipinski definition) is 1. The second-order valence-electron chi connectivity index (χ2n) is 4.13. The highest BCUT2D eigenvalue weighted by Crippen LogP contribution is 2.19. The molecule has 0 aliphatic carbocycles. The molecule has 1 N–H and O–H groups in total. The van der Waals surface area contributed by atoms with Gasteiger partial charge < -0.3 is 5.32 Å². The first-order chi connectivity index (χ1) is 8.25. The van der Waals surface area contributed by atoms with Crippen LogP contribution in [0, 0.1) is 6.92 Å². The van der Waals surface area contributed by atoms with Crippen molar-refractivity contribution in [3.63, 3.8) is 0 Å². The van der Waals surface area contributed by atoms with Crippen LogP contribution in [0.2, 0.25) is 5.02 Å². The maximum atomic E-state index is 6.07. The fourth-order valence-corrected chi connectivity index (χ4v) is 1.88. The number of benzene rings is 2. The highest BCUT2D eigenvalue weighted by atomic mass is 35.5. The molecule has 88 valence electrons. The van der Waals surface area contributed by atoms with Gasteiger partial charge in [-0.2, -0.15) is 0 Å². The minimum absolute atomic E-state index is 0.815. The summed E-state index contributed by atoms with van der Waals surface area (Å²) in [5.74, 6) is 0. The van der Waals surface area contributed by atoms with Crippen LogP contribution in [0.1, 0.15) is 11.1 Å². The van der Waals surface area contributed by atoms with Gasteiger partial charge in [0.1, 0.15) is 0 Å². The molecule has 2 rings (SSSR count). The van der Waals surface area contributed by atoms with Gasteiger partial charge in [-0.1, -0.05) is 48.0 Å². The lowest BCUT2D eigenvalue weighted by atomic mass is 10.1. The van der Waals surface area contributed by atoms with E-state index in [2.05, 4.69) is 35.6 Å². The molecule has 2 aromatic rings. The van der Waals surface area contributed by atoms with Crippen molar-refractivity contribution < 1.29 is 0 Å². The quantitative estimate of drug-likeness (QED) is 0.847. The Hall–Kier alpha value is -1.47. The van der Waals surface area contributed by atoms with Gasteiger partial charge in [0.2, 0.25) is 0 Å². The van der Waals surface area contributed by atoms with Crippen molar-refractivity contribution in [3.8, 4) is 0 Å². The average molecular weight is 246 g/mol. The molecular weight excluding hydrogens is 230 g/mol. The third kappa shape index (κ3) is 3.50. The Morgan fingerprint density at radius 1 is 1.06 bits per heavy atom. The molecule has 0 aromatic heterocycles. The molecular formula is C15H16ClN. The number of aryl methyl sites for hydroxylation is 1. The zero-order chi connectivity index (χ0) is 12.1. The van der Waals surface area contributed by atoms with Crippen molar-refractivity contribution >= 4 is 17.3 Å². The molecule has 17 heavy (non-hydrogen) atoms. The second kappa shape index (κ2) is 5.74. The number of nitrogens with one attached hydrogen (secondary N) is 1. The minimum atomic E-state index is 0.815. The van der Waals surface area contributed by atoms with Crippen LogP contribution in [0.4, 0.5) is 5.69 Å². The van der Waals surface area contributed by atoms with Gasteiger partial charge in [0, 0.05) is 17.3 Å². The molecule has 0 aliphatic rings. The summed E-state index contributed by atoms with van der Waals surface area (Å²) in [6, 6.07) is 16.5. The second-order valence-corrected chi connectivity index (χ2v) is 4.53. The predicted octanol–water partition coefficient (Wildman–Crippen LogP) is 4.30. The standard InChI is InChI=1S/C15H16ClN/c1-12-7-8-14(11-15(12)16)17-10-9-13-5-3-2-4-6-13/h2-8,11,17H,9-10H2,1H3. The zero-order valence-electron chi connectivity index (χ0n) is 9.91. The molecule has 0 saturated carbocycles. The van der Waals surface area contributed by atoms with Gasteiger partial charge in [-0.3, -0.25) is 0 Å². The van der Waals surface area contributed by atoms with Crippen LogP contribution < -0.4 is 5.32 Å². The summed E-state index contributed by atoms with van der Waals surface area (Å²) in [4.78, 5) is 0. The Bertz CT molecular complexity index is 480. The van der Waals surface area contributed by atoms with Crippen molar-refractivity contribution in [1.82, 2.24) is 0 Å². The third-order valence-electron chi connectivity index (χ3n) is 2.76. The summed E-state index contributed by atoms with van der Waals surface area (Å²) in [7, 11) is 0. The Labute approximate surface area is 107 Å². The molecule has 0 fully saturated rings. The van der Waals surface area contributed by atoms with E-state index in [0.717, 1.165) is 29.2 Å². The summed E-state index contributed by atoms with van der Waals surface area (Å²) in [6.45, 7) is 2.93. The molecule has 2 heteroatoms. The summed E-state index contributed by atoms with van der Waals surface area (Å²) < 4.78 is 0. The Morgan fingerprint density at radius 3 is 2.53 bits per heavy atom. The summed E-state index contributed by atoms with van der Waals surface area (Å²) in [6.07, 6.45) is 1.02. The fraction of sp³-hybridized carbons (Fsp3) is 0.200. The molecule has 0 aliphatic heterocycles. The number of halogens is 1. The number of hydrogen-bond acceptors (Lipinski definition) is 1. The molecule has 0 amide bonds. The lowest BCUT2D eigenvalue weighted by Gasteiger charge is -2.07. The van der Waals surface area contributed by atoms with Gasteiger partial charge >= 0.3 is 0 Å². The first-order valence-corrected chi connectivity index (χ1v) is 6.17. The molecule has 0 unspecified atom stereocenters. The minimum Gasteiger partial charge on any atom is -0.385 e. The maximum absolute atomic E-state index is 6.07. The predicted molar refractivity (Wildman–Crippen MR) is 74.8 cm³/mol. The van der Waals surface area contributed by atoms with Crippen molar-refractivity contribution in [3.05, 3.63) is 64.7 Å². The van der Waals surface area contributed by atoms with E-state index in [-0.39, 0.29) is 0 Å². The molecule has 0 bridgehead atoms. The first-order valence-electron chi connectivity index (χ1n) is 5.79. The van der Waals surface area contributed by atoms with Crippen LogP contribution in [0.25, 0.3) is 0 Å². The summed E-state index contributed by atoms with van der Waals surface area (Å²) in [5, 5.41) is 4.19. The van der Waals surface area contributed by atoms with Crippen molar-refractivity contribution in [2.45, 2.75) is 13.3 Å². The maximum Gasteiger partial charge on any atom is 0.0455 e. The van der Waals surface area contributed by atoms with E-state index in [9.17, 15) is 0 Å². The molecule has 0 spiro atoms. The first kappa shape index (κ1) is 12.0. The SMILES string of the molecule is Cc1ccc(NCCc2ccccc2)cc1Cl. The number of rotatable bonds is 4. The van der Waals surface area contributed by atoms with Gasteiger partial charge in [-0.25, -0.2) is 0 Å². The van der Waals surface area contributed by atoms with Crippen molar-refractivity contribution in [2.24, 2.45) is 0 Å². The van der Waals surface area contributed by atoms with E-state index in [1.807, 2.05) is 25.1 Å². The van der Waals surface area contributed by atoms with E-state index in [1.54, 1.807) is 0 Å². The summed E-state index contributed by atoms with van der Waals surface area (Å²) in [5.41, 5.74) is 3.54.